The average molecular weight is 866 g/mol. The topological polar surface area (TPSA) is 130 Å². The molecule has 0 saturated carbocycles. The van der Waals surface area contributed by atoms with E-state index in [0.29, 0.717) is 56.8 Å². The van der Waals surface area contributed by atoms with Gasteiger partial charge < -0.3 is 24.8 Å². The Morgan fingerprint density at radius 2 is 1.62 bits per heavy atom. The van der Waals surface area contributed by atoms with Gasteiger partial charge in [0, 0.05) is 82.4 Å². The van der Waals surface area contributed by atoms with Gasteiger partial charge in [0.1, 0.15) is 11.6 Å². The smallest absolute Gasteiger partial charge is 0.407 e. The summed E-state index contributed by atoms with van der Waals surface area (Å²) in [5.74, 6) is -1.20. The highest BCUT2D eigenvalue weighted by atomic mass is 32.2. The van der Waals surface area contributed by atoms with Gasteiger partial charge >= 0.3 is 6.09 Å². The van der Waals surface area contributed by atoms with E-state index in [9.17, 15) is 28.4 Å². The fourth-order valence-electron chi connectivity index (χ4n) is 6.91. The van der Waals surface area contributed by atoms with Crippen LogP contribution in [0.25, 0.3) is 11.1 Å². The fraction of sp³-hybridized carbons (Fsp3) is 0.489. The van der Waals surface area contributed by atoms with Gasteiger partial charge in [0.25, 0.3) is 11.8 Å². The summed E-state index contributed by atoms with van der Waals surface area (Å²) >= 11 is 1.52. The minimum atomic E-state index is -1.37. The number of hydrogen-bond acceptors (Lipinski definition) is 7. The largest absolute Gasteiger partial charge is 0.450 e. The molecule has 11 nitrogen and oxygen atoms in total. The lowest BCUT2D eigenvalue weighted by atomic mass is 9.83. The Morgan fingerprint density at radius 1 is 0.900 bits per heavy atom. The maximum Gasteiger partial charge on any atom is 0.407 e. The summed E-state index contributed by atoms with van der Waals surface area (Å²) in [5, 5.41) is 5.59. The van der Waals surface area contributed by atoms with E-state index < -0.39 is 37.3 Å². The van der Waals surface area contributed by atoms with E-state index in [0.717, 1.165) is 47.2 Å². The van der Waals surface area contributed by atoms with Gasteiger partial charge in [0.05, 0.1) is 18.4 Å². The molecule has 15 heteroatoms. The highest BCUT2D eigenvalue weighted by Gasteiger charge is 2.37. The average Bonchev–Trinajstić information content (AvgIpc) is 3.73. The predicted molar refractivity (Wildman–Crippen MR) is 236 cm³/mol. The molecule has 0 radical (unpaired) electrons. The molecule has 1 aromatic heterocycles. The maximum atomic E-state index is 15.2. The molecule has 1 atom stereocenters. The number of nitrogens with one attached hydrogen (secondary N) is 2. The number of rotatable bonds is 23. The van der Waals surface area contributed by atoms with Gasteiger partial charge in [-0.15, -0.1) is 0 Å². The Morgan fingerprint density at radius 3 is 2.30 bits per heavy atom. The summed E-state index contributed by atoms with van der Waals surface area (Å²) in [5.41, 5.74) is 1.90. The first kappa shape index (κ1) is 47.9. The van der Waals surface area contributed by atoms with Crippen molar-refractivity contribution >= 4 is 49.6 Å². The number of nitrogens with zero attached hydrogens (tertiary/aromatic N) is 3. The lowest BCUT2D eigenvalue weighted by molar-refractivity contribution is -0.137. The molecule has 2 aromatic carbocycles. The second-order valence-electron chi connectivity index (χ2n) is 17.3. The van der Waals surface area contributed by atoms with Gasteiger partial charge in [0.2, 0.25) is 11.8 Å². The van der Waals surface area contributed by atoms with Gasteiger partial charge in [-0.3, -0.25) is 24.1 Å². The number of aromatic nitrogens is 1. The van der Waals surface area contributed by atoms with Crippen molar-refractivity contribution in [3.05, 3.63) is 95.8 Å². The Balaban J connectivity index is 1.46. The van der Waals surface area contributed by atoms with Crippen molar-refractivity contribution < 1.29 is 37.5 Å². The van der Waals surface area contributed by atoms with Crippen LogP contribution < -0.4 is 10.6 Å². The molecule has 60 heavy (non-hydrogen) atoms. The number of unbranched alkanes of at least 4 members (excludes halogenated alkanes) is 2. The third kappa shape index (κ3) is 15.4. The van der Waals surface area contributed by atoms with Crippen LogP contribution in [-0.4, -0.2) is 96.5 Å². The number of amides is 5. The molecule has 0 bridgehead atoms. The number of carbonyl (C=O) groups is 5. The minimum Gasteiger partial charge on any atom is -0.450 e. The fourth-order valence-corrected chi connectivity index (χ4v) is 8.51. The molecule has 2 heterocycles. The number of thioether (sulfide) groups is 1. The molecule has 1 aliphatic heterocycles. The van der Waals surface area contributed by atoms with Gasteiger partial charge in [-0.1, -0.05) is 77.2 Å². The quantitative estimate of drug-likeness (QED) is 0.0559. The molecule has 5 amide bonds. The summed E-state index contributed by atoms with van der Waals surface area (Å²) in [7, 11) is -1.37. The normalized spacial score (nSPS) is 13.4. The van der Waals surface area contributed by atoms with E-state index in [1.54, 1.807) is 0 Å². The lowest BCUT2D eigenvalue weighted by Crippen LogP contribution is -2.44. The first-order valence-corrected chi connectivity index (χ1v) is 25.6. The minimum absolute atomic E-state index is 0.0897. The summed E-state index contributed by atoms with van der Waals surface area (Å²) in [4.78, 5) is 65.6. The Bertz CT molecular complexity index is 1940. The van der Waals surface area contributed by atoms with E-state index in [2.05, 4.69) is 51.0 Å². The molecule has 0 fully saturated rings. The summed E-state index contributed by atoms with van der Waals surface area (Å²) in [6.45, 7) is 14.6. The number of carbonyl (C=O) groups excluding carboxylic acids is 5. The molecule has 2 N–H and O–H groups in total. The molecule has 0 spiro atoms. The van der Waals surface area contributed by atoms with Gasteiger partial charge in [-0.25, -0.2) is 13.6 Å². The van der Waals surface area contributed by atoms with Crippen LogP contribution >= 0.6 is 11.8 Å². The van der Waals surface area contributed by atoms with Crippen LogP contribution in [0.2, 0.25) is 25.7 Å². The van der Waals surface area contributed by atoms with Crippen molar-refractivity contribution in [2.75, 3.05) is 44.3 Å². The summed E-state index contributed by atoms with van der Waals surface area (Å²) in [6, 6.07) is 15.5. The highest BCUT2D eigenvalue weighted by Crippen LogP contribution is 2.41. The Labute approximate surface area is 358 Å². The van der Waals surface area contributed by atoms with E-state index >= 15 is 4.39 Å². The van der Waals surface area contributed by atoms with Crippen molar-refractivity contribution in [2.24, 2.45) is 5.41 Å². The molecule has 1 aliphatic rings. The van der Waals surface area contributed by atoms with Crippen LogP contribution in [0.15, 0.2) is 72.9 Å². The molecule has 0 saturated heterocycles. The zero-order valence-corrected chi connectivity index (χ0v) is 37.7. The zero-order chi connectivity index (χ0) is 43.9. The number of alkyl carbamates (subject to hydrolysis) is 1. The lowest BCUT2D eigenvalue weighted by Gasteiger charge is -2.41. The third-order valence-electron chi connectivity index (χ3n) is 10.0. The zero-order valence-electron chi connectivity index (χ0n) is 35.9. The number of imide groups is 1. The van der Waals surface area contributed by atoms with Crippen molar-refractivity contribution in [1.82, 2.24) is 25.0 Å². The van der Waals surface area contributed by atoms with Crippen LogP contribution in [0.3, 0.4) is 0 Å². The van der Waals surface area contributed by atoms with Crippen LogP contribution in [0, 0.1) is 17.0 Å². The monoisotopic (exact) mass is 865 g/mol. The van der Waals surface area contributed by atoms with Crippen LogP contribution in [0.4, 0.5) is 13.6 Å². The van der Waals surface area contributed by atoms with Crippen molar-refractivity contribution in [2.45, 2.75) is 91.1 Å². The van der Waals surface area contributed by atoms with Crippen LogP contribution in [-0.2, 0) is 30.5 Å². The number of halogens is 2. The van der Waals surface area contributed by atoms with E-state index in [1.165, 1.54) is 30.0 Å². The number of ether oxygens (including phenoxy) is 1. The van der Waals surface area contributed by atoms with Crippen LogP contribution in [0.1, 0.15) is 70.2 Å². The predicted octanol–water partition coefficient (Wildman–Crippen LogP) is 8.19. The maximum absolute atomic E-state index is 15.2. The summed E-state index contributed by atoms with van der Waals surface area (Å²) < 4.78 is 37.2. The van der Waals surface area contributed by atoms with E-state index in [-0.39, 0.29) is 48.0 Å². The van der Waals surface area contributed by atoms with Crippen molar-refractivity contribution in [3.8, 4) is 11.1 Å². The van der Waals surface area contributed by atoms with Gasteiger partial charge in [-0.2, -0.15) is 11.8 Å². The third-order valence-corrected chi connectivity index (χ3v) is 12.7. The van der Waals surface area contributed by atoms with Crippen LogP contribution in [0.5, 0.6) is 0 Å². The molecule has 0 aliphatic carbocycles. The van der Waals surface area contributed by atoms with Gasteiger partial charge in [-0.05, 0) is 66.3 Å². The second kappa shape index (κ2) is 22.7. The standard InChI is InChI=1S/C45H61F2N5O6SSi/c1-45(2,3)43(38-28-34(36-29-35(46)17-18-37(36)47)31-50(38)30-33-14-9-7-10-15-33)52(23-13-21-49-44(57)58-25-27-60(4,5)6)42(56)32-59-26-12-8-11-16-39(53)48-22-24-51-40(54)19-20-41(51)55/h7,9-10,14-15,17-20,28-29,31,43H,8,11-13,16,21-27,30,32H2,1-6H3,(H,48,53)(H,49,57)/t43-/m0/s1. The van der Waals surface area contributed by atoms with Crippen molar-refractivity contribution in [1.29, 1.82) is 0 Å². The molecule has 0 unspecified atom stereocenters. The molecule has 4 rings (SSSR count). The number of hydrogen-bond donors (Lipinski definition) is 2. The molecular weight excluding hydrogens is 805 g/mol. The van der Waals surface area contributed by atoms with E-state index in [4.69, 9.17) is 4.74 Å². The molecule has 326 valence electrons. The van der Waals surface area contributed by atoms with Crippen molar-refractivity contribution in [3.63, 3.8) is 0 Å². The molecule has 3 aromatic rings. The first-order valence-electron chi connectivity index (χ1n) is 20.7. The first-order chi connectivity index (χ1) is 28.4. The Kier molecular flexibility index (Phi) is 18.1. The molecular formula is C45H61F2N5O6SSi. The number of benzene rings is 2. The highest BCUT2D eigenvalue weighted by molar-refractivity contribution is 7.99. The SMILES string of the molecule is CC(C)(C)[C@H](c1cc(-c2cc(F)ccc2F)cn1Cc1ccccc1)N(CCCNC(=O)OCC[Si](C)(C)C)C(=O)CSCCCCCC(=O)NCCN1C(=O)C=CC1=O. The Hall–Kier alpha value is -4.76. The summed E-state index contributed by atoms with van der Waals surface area (Å²) in [6.07, 6.45) is 6.76. The van der Waals surface area contributed by atoms with Gasteiger partial charge in [0.15, 0.2) is 0 Å². The second-order valence-corrected chi connectivity index (χ2v) is 24.1. The van der Waals surface area contributed by atoms with E-state index in [1.807, 2.05) is 52.1 Å².